The third-order valence-corrected chi connectivity index (χ3v) is 4.92. The van der Waals surface area contributed by atoms with Gasteiger partial charge in [-0.1, -0.05) is 32.4 Å². The number of methoxy groups -OCH3 is 1. The highest BCUT2D eigenvalue weighted by atomic mass is 16.5. The second-order valence-electron chi connectivity index (χ2n) is 7.43. The lowest BCUT2D eigenvalue weighted by Gasteiger charge is -2.16. The van der Waals surface area contributed by atoms with Gasteiger partial charge in [0, 0.05) is 38.1 Å². The van der Waals surface area contributed by atoms with Crippen LogP contribution in [0, 0.1) is 11.8 Å². The molecule has 27 heavy (non-hydrogen) atoms. The average molecular weight is 374 g/mol. The van der Waals surface area contributed by atoms with E-state index < -0.39 is 0 Å². The Hall–Kier alpha value is -2.21. The summed E-state index contributed by atoms with van der Waals surface area (Å²) in [6.07, 6.45) is 3.04. The number of hydrogen-bond donors (Lipinski definition) is 1. The standard InChI is InChI=1S/C21H30N2O4/c1-15(2)18-13-20(25)23(21(18)26)12-6-4-5-7-19(24)22-17-10-8-16(9-11-17)14-27-3/h8-11,15,18H,4-7,12-14H2,1-3H3,(H,22,24). The van der Waals surface area contributed by atoms with E-state index in [1.54, 1.807) is 7.11 Å². The van der Waals surface area contributed by atoms with Crippen molar-refractivity contribution in [2.45, 2.75) is 52.6 Å². The first-order valence-electron chi connectivity index (χ1n) is 9.64. The number of rotatable bonds is 10. The van der Waals surface area contributed by atoms with Crippen molar-refractivity contribution in [2.24, 2.45) is 11.8 Å². The number of amides is 3. The summed E-state index contributed by atoms with van der Waals surface area (Å²) in [4.78, 5) is 37.6. The van der Waals surface area contributed by atoms with Crippen LogP contribution in [0.3, 0.4) is 0 Å². The maximum Gasteiger partial charge on any atom is 0.233 e. The molecule has 0 spiro atoms. The van der Waals surface area contributed by atoms with Crippen LogP contribution in [0.4, 0.5) is 5.69 Å². The number of nitrogens with zero attached hydrogens (tertiary/aromatic N) is 1. The van der Waals surface area contributed by atoms with Gasteiger partial charge in [0.2, 0.25) is 17.7 Å². The molecule has 0 saturated carbocycles. The van der Waals surface area contributed by atoms with Crippen molar-refractivity contribution in [2.75, 3.05) is 19.0 Å². The zero-order valence-corrected chi connectivity index (χ0v) is 16.5. The van der Waals surface area contributed by atoms with E-state index in [9.17, 15) is 14.4 Å². The number of likely N-dealkylation sites (tertiary alicyclic amines) is 1. The van der Waals surface area contributed by atoms with Crippen molar-refractivity contribution >= 4 is 23.4 Å². The van der Waals surface area contributed by atoms with Crippen LogP contribution >= 0.6 is 0 Å². The molecule has 2 rings (SSSR count). The van der Waals surface area contributed by atoms with Crippen LogP contribution in [-0.2, 0) is 25.7 Å². The number of ether oxygens (including phenoxy) is 1. The number of nitrogens with one attached hydrogen (secondary N) is 1. The van der Waals surface area contributed by atoms with Crippen LogP contribution in [0.25, 0.3) is 0 Å². The van der Waals surface area contributed by atoms with Gasteiger partial charge in [0.1, 0.15) is 0 Å². The van der Waals surface area contributed by atoms with Crippen molar-refractivity contribution in [3.05, 3.63) is 29.8 Å². The van der Waals surface area contributed by atoms with Crippen molar-refractivity contribution in [1.82, 2.24) is 4.90 Å². The molecule has 1 aromatic rings. The van der Waals surface area contributed by atoms with E-state index in [0.717, 1.165) is 30.5 Å². The average Bonchev–Trinajstić information content (AvgIpc) is 2.91. The molecule has 1 aromatic carbocycles. The largest absolute Gasteiger partial charge is 0.380 e. The molecule has 1 aliphatic heterocycles. The van der Waals surface area contributed by atoms with Crippen LogP contribution in [0.5, 0.6) is 0 Å². The van der Waals surface area contributed by atoms with E-state index in [2.05, 4.69) is 5.32 Å². The number of benzene rings is 1. The van der Waals surface area contributed by atoms with Gasteiger partial charge in [-0.15, -0.1) is 0 Å². The van der Waals surface area contributed by atoms with E-state index in [0.29, 0.717) is 26.0 Å². The predicted octanol–water partition coefficient (Wildman–Crippen LogP) is 3.36. The number of hydrogen-bond acceptors (Lipinski definition) is 4. The number of anilines is 1. The van der Waals surface area contributed by atoms with E-state index in [4.69, 9.17) is 4.74 Å². The summed E-state index contributed by atoms with van der Waals surface area (Å²) in [5, 5.41) is 2.88. The fourth-order valence-electron chi connectivity index (χ4n) is 3.27. The molecule has 0 radical (unpaired) electrons. The molecular weight excluding hydrogens is 344 g/mol. The van der Waals surface area contributed by atoms with E-state index >= 15 is 0 Å². The first-order chi connectivity index (χ1) is 12.9. The zero-order chi connectivity index (χ0) is 19.8. The highest BCUT2D eigenvalue weighted by Crippen LogP contribution is 2.26. The number of imide groups is 1. The minimum absolute atomic E-state index is 0.0253. The minimum atomic E-state index is -0.168. The lowest BCUT2D eigenvalue weighted by Crippen LogP contribution is -2.32. The Labute approximate surface area is 161 Å². The van der Waals surface area contributed by atoms with E-state index in [1.165, 1.54) is 4.90 Å². The maximum absolute atomic E-state index is 12.2. The molecule has 1 N–H and O–H groups in total. The van der Waals surface area contributed by atoms with Crippen molar-refractivity contribution in [1.29, 1.82) is 0 Å². The summed E-state index contributed by atoms with van der Waals surface area (Å²) in [5.41, 5.74) is 1.83. The van der Waals surface area contributed by atoms with E-state index in [1.807, 2.05) is 38.1 Å². The molecule has 1 unspecified atom stereocenters. The number of carbonyl (C=O) groups excluding carboxylic acids is 3. The fourth-order valence-corrected chi connectivity index (χ4v) is 3.27. The van der Waals surface area contributed by atoms with Gasteiger partial charge in [0.25, 0.3) is 0 Å². The summed E-state index contributed by atoms with van der Waals surface area (Å²) in [7, 11) is 1.65. The van der Waals surface area contributed by atoms with E-state index in [-0.39, 0.29) is 29.6 Å². The monoisotopic (exact) mass is 374 g/mol. The Bertz CT molecular complexity index is 655. The van der Waals surface area contributed by atoms with Crippen molar-refractivity contribution in [3.8, 4) is 0 Å². The highest BCUT2D eigenvalue weighted by molar-refractivity contribution is 6.03. The quantitative estimate of drug-likeness (QED) is 0.503. The maximum atomic E-state index is 12.2. The minimum Gasteiger partial charge on any atom is -0.380 e. The Balaban J connectivity index is 1.64. The lowest BCUT2D eigenvalue weighted by molar-refractivity contribution is -0.139. The normalized spacial score (nSPS) is 17.0. The predicted molar refractivity (Wildman–Crippen MR) is 104 cm³/mol. The Morgan fingerprint density at radius 3 is 2.48 bits per heavy atom. The Morgan fingerprint density at radius 2 is 1.89 bits per heavy atom. The molecule has 0 aromatic heterocycles. The van der Waals surface area contributed by atoms with Gasteiger partial charge in [0.05, 0.1) is 6.61 Å². The van der Waals surface area contributed by atoms with Crippen LogP contribution in [0.1, 0.15) is 51.5 Å². The van der Waals surface area contributed by atoms with Gasteiger partial charge in [0.15, 0.2) is 0 Å². The molecule has 1 fully saturated rings. The van der Waals surface area contributed by atoms with Crippen LogP contribution < -0.4 is 5.32 Å². The molecule has 148 valence electrons. The SMILES string of the molecule is COCc1ccc(NC(=O)CCCCCN2C(=O)CC(C(C)C)C2=O)cc1. The molecule has 1 atom stereocenters. The Kier molecular flexibility index (Phi) is 7.98. The van der Waals surface area contributed by atoms with Crippen molar-refractivity contribution < 1.29 is 19.1 Å². The first-order valence-corrected chi connectivity index (χ1v) is 9.64. The molecule has 0 bridgehead atoms. The molecule has 1 saturated heterocycles. The third-order valence-electron chi connectivity index (χ3n) is 4.92. The first kappa shape index (κ1) is 21.1. The molecule has 1 aliphatic rings. The molecule has 3 amide bonds. The third kappa shape index (κ3) is 6.17. The second kappa shape index (κ2) is 10.2. The van der Waals surface area contributed by atoms with Crippen LogP contribution in [-0.4, -0.2) is 36.3 Å². The topological polar surface area (TPSA) is 75.7 Å². The fraction of sp³-hybridized carbons (Fsp3) is 0.571. The zero-order valence-electron chi connectivity index (χ0n) is 16.5. The van der Waals surface area contributed by atoms with Crippen LogP contribution in [0.2, 0.25) is 0 Å². The molecule has 0 aliphatic carbocycles. The molecule has 1 heterocycles. The summed E-state index contributed by atoms with van der Waals surface area (Å²) in [6.45, 7) is 4.96. The van der Waals surface area contributed by atoms with Gasteiger partial charge in [-0.05, 0) is 36.5 Å². The molecule has 6 nitrogen and oxygen atoms in total. The van der Waals surface area contributed by atoms with Crippen LogP contribution in [0.15, 0.2) is 24.3 Å². The summed E-state index contributed by atoms with van der Waals surface area (Å²) >= 11 is 0. The van der Waals surface area contributed by atoms with Gasteiger partial charge >= 0.3 is 0 Å². The Morgan fingerprint density at radius 1 is 1.19 bits per heavy atom. The molecule has 6 heteroatoms. The summed E-state index contributed by atoms with van der Waals surface area (Å²) in [5.74, 6) is -0.0991. The van der Waals surface area contributed by atoms with Gasteiger partial charge in [-0.25, -0.2) is 0 Å². The smallest absolute Gasteiger partial charge is 0.233 e. The summed E-state index contributed by atoms with van der Waals surface area (Å²) < 4.78 is 5.06. The molecular formula is C21H30N2O4. The number of unbranched alkanes of at least 4 members (excludes halogenated alkanes) is 2. The van der Waals surface area contributed by atoms with Gasteiger partial charge < -0.3 is 10.1 Å². The number of carbonyl (C=O) groups is 3. The highest BCUT2D eigenvalue weighted by Gasteiger charge is 2.39. The second-order valence-corrected chi connectivity index (χ2v) is 7.43. The van der Waals surface area contributed by atoms with Gasteiger partial charge in [-0.2, -0.15) is 0 Å². The van der Waals surface area contributed by atoms with Crippen molar-refractivity contribution in [3.63, 3.8) is 0 Å². The summed E-state index contributed by atoms with van der Waals surface area (Å²) in [6, 6.07) is 7.57. The lowest BCUT2D eigenvalue weighted by atomic mass is 9.94. The van der Waals surface area contributed by atoms with Gasteiger partial charge in [-0.3, -0.25) is 19.3 Å².